The Balaban J connectivity index is 2.28. The van der Waals surface area contributed by atoms with Crippen LogP contribution in [0.3, 0.4) is 0 Å². The molecule has 106 valence electrons. The zero-order valence-corrected chi connectivity index (χ0v) is 12.6. The van der Waals surface area contributed by atoms with Crippen LogP contribution in [0.5, 0.6) is 5.75 Å². The van der Waals surface area contributed by atoms with Crippen LogP contribution in [-0.2, 0) is 6.54 Å². The predicted molar refractivity (Wildman–Crippen MR) is 77.1 cm³/mol. The van der Waals surface area contributed by atoms with Crippen LogP contribution in [0.2, 0.25) is 0 Å². The van der Waals surface area contributed by atoms with E-state index in [1.165, 1.54) is 0 Å². The normalized spacial score (nSPS) is 20.5. The van der Waals surface area contributed by atoms with Gasteiger partial charge in [-0.3, -0.25) is 14.4 Å². The molecule has 0 amide bonds. The molecular formula is C13H21N3O2S. The van der Waals surface area contributed by atoms with Crippen LogP contribution in [0.25, 0.3) is 0 Å². The Morgan fingerprint density at radius 3 is 3.05 bits per heavy atom. The number of hydrogen-bond donors (Lipinski definition) is 0. The van der Waals surface area contributed by atoms with Gasteiger partial charge in [-0.25, -0.2) is 0 Å². The zero-order valence-electron chi connectivity index (χ0n) is 11.8. The van der Waals surface area contributed by atoms with Gasteiger partial charge in [-0.2, -0.15) is 16.9 Å². The van der Waals surface area contributed by atoms with Gasteiger partial charge >= 0.3 is 0 Å². The highest BCUT2D eigenvalue weighted by atomic mass is 32.2. The standard InChI is InChI=1S/C13H21N3O2S/c1-4-5-16-12(11(18-3)8-14-16)13(17)10-9-19-7-6-15(10)2/h8,10H,4-7,9H2,1-3H3. The van der Waals surface area contributed by atoms with Crippen molar-refractivity contribution < 1.29 is 9.53 Å². The number of likely N-dealkylation sites (N-methyl/N-ethyl adjacent to an activating group) is 1. The lowest BCUT2D eigenvalue weighted by atomic mass is 10.1. The Morgan fingerprint density at radius 1 is 1.63 bits per heavy atom. The van der Waals surface area contributed by atoms with Crippen molar-refractivity contribution in [3.8, 4) is 5.75 Å². The van der Waals surface area contributed by atoms with Crippen LogP contribution in [0.15, 0.2) is 6.20 Å². The lowest BCUT2D eigenvalue weighted by molar-refractivity contribution is 0.0859. The van der Waals surface area contributed by atoms with Gasteiger partial charge in [-0.05, 0) is 13.5 Å². The summed E-state index contributed by atoms with van der Waals surface area (Å²) in [6.07, 6.45) is 2.58. The Morgan fingerprint density at radius 2 is 2.42 bits per heavy atom. The number of aromatic nitrogens is 2. The first kappa shape index (κ1) is 14.4. The van der Waals surface area contributed by atoms with E-state index in [1.807, 2.05) is 18.8 Å². The van der Waals surface area contributed by atoms with Crippen molar-refractivity contribution in [3.63, 3.8) is 0 Å². The van der Waals surface area contributed by atoms with E-state index in [2.05, 4.69) is 16.9 Å². The van der Waals surface area contributed by atoms with Crippen molar-refractivity contribution in [1.82, 2.24) is 14.7 Å². The number of nitrogens with zero attached hydrogens (tertiary/aromatic N) is 3. The number of ether oxygens (including phenoxy) is 1. The van der Waals surface area contributed by atoms with Gasteiger partial charge in [0.15, 0.2) is 5.75 Å². The molecule has 0 saturated carbocycles. The second-order valence-electron chi connectivity index (χ2n) is 4.72. The van der Waals surface area contributed by atoms with Crippen molar-refractivity contribution in [2.45, 2.75) is 25.9 Å². The van der Waals surface area contributed by atoms with Crippen LogP contribution in [0.1, 0.15) is 23.8 Å². The van der Waals surface area contributed by atoms with Gasteiger partial charge in [-0.15, -0.1) is 0 Å². The first-order chi connectivity index (χ1) is 9.19. The van der Waals surface area contributed by atoms with E-state index in [-0.39, 0.29) is 11.8 Å². The van der Waals surface area contributed by atoms with Gasteiger partial charge in [0.05, 0.1) is 19.3 Å². The molecule has 1 fully saturated rings. The summed E-state index contributed by atoms with van der Waals surface area (Å²) >= 11 is 1.83. The molecular weight excluding hydrogens is 262 g/mol. The van der Waals surface area contributed by atoms with Crippen LogP contribution < -0.4 is 4.74 Å². The number of carbonyl (C=O) groups is 1. The van der Waals surface area contributed by atoms with Gasteiger partial charge in [0, 0.05) is 24.6 Å². The maximum atomic E-state index is 12.8. The number of thioether (sulfide) groups is 1. The summed E-state index contributed by atoms with van der Waals surface area (Å²) in [5.74, 6) is 2.64. The molecule has 0 spiro atoms. The second-order valence-corrected chi connectivity index (χ2v) is 5.87. The Kier molecular flexibility index (Phi) is 4.87. The number of rotatable bonds is 5. The van der Waals surface area contributed by atoms with Gasteiger partial charge in [0.1, 0.15) is 5.69 Å². The molecule has 1 aliphatic heterocycles. The fraction of sp³-hybridized carbons (Fsp3) is 0.692. The quantitative estimate of drug-likeness (QED) is 0.767. The summed E-state index contributed by atoms with van der Waals surface area (Å²) in [4.78, 5) is 14.9. The molecule has 1 atom stereocenters. The highest BCUT2D eigenvalue weighted by Gasteiger charge is 2.31. The number of aryl methyl sites for hydroxylation is 1. The molecule has 1 unspecified atom stereocenters. The zero-order chi connectivity index (χ0) is 13.8. The van der Waals surface area contributed by atoms with Crippen molar-refractivity contribution in [2.75, 3.05) is 32.2 Å². The minimum Gasteiger partial charge on any atom is -0.493 e. The highest BCUT2D eigenvalue weighted by molar-refractivity contribution is 7.99. The molecule has 6 heteroatoms. The second kappa shape index (κ2) is 6.43. The van der Waals surface area contributed by atoms with E-state index >= 15 is 0 Å². The maximum Gasteiger partial charge on any atom is 0.202 e. The summed E-state index contributed by atoms with van der Waals surface area (Å²) in [6, 6.07) is -0.0695. The molecule has 1 aromatic rings. The number of carbonyl (C=O) groups excluding carboxylic acids is 1. The van der Waals surface area contributed by atoms with E-state index in [9.17, 15) is 4.79 Å². The average Bonchev–Trinajstić information content (AvgIpc) is 2.82. The first-order valence-corrected chi connectivity index (χ1v) is 7.76. The summed E-state index contributed by atoms with van der Waals surface area (Å²) < 4.78 is 7.06. The number of ketones is 1. The highest BCUT2D eigenvalue weighted by Crippen LogP contribution is 2.24. The van der Waals surface area contributed by atoms with E-state index < -0.39 is 0 Å². The Labute approximate surface area is 118 Å². The summed E-state index contributed by atoms with van der Waals surface area (Å²) in [7, 11) is 3.60. The van der Waals surface area contributed by atoms with Crippen molar-refractivity contribution in [2.24, 2.45) is 0 Å². The minimum atomic E-state index is -0.0695. The Bertz CT molecular complexity index is 447. The van der Waals surface area contributed by atoms with Crippen LogP contribution in [-0.4, -0.2) is 58.7 Å². The van der Waals surface area contributed by atoms with Crippen LogP contribution in [0.4, 0.5) is 0 Å². The van der Waals surface area contributed by atoms with Crippen molar-refractivity contribution in [3.05, 3.63) is 11.9 Å². The smallest absolute Gasteiger partial charge is 0.202 e. The van der Waals surface area contributed by atoms with E-state index in [4.69, 9.17) is 4.74 Å². The summed E-state index contributed by atoms with van der Waals surface area (Å²) in [6.45, 7) is 3.77. The number of methoxy groups -OCH3 is 1. The van der Waals surface area contributed by atoms with Gasteiger partial charge < -0.3 is 4.74 Å². The molecule has 1 aliphatic rings. The lowest BCUT2D eigenvalue weighted by Crippen LogP contribution is -2.45. The molecule has 0 aromatic carbocycles. The van der Waals surface area contributed by atoms with Crippen LogP contribution >= 0.6 is 11.8 Å². The Hall–Kier alpha value is -1.01. The van der Waals surface area contributed by atoms with Gasteiger partial charge in [-0.1, -0.05) is 6.92 Å². The molecule has 1 saturated heterocycles. The number of Topliss-reactive ketones (excluding diaryl/α,β-unsaturated/α-hetero) is 1. The predicted octanol–water partition coefficient (Wildman–Crippen LogP) is 1.53. The maximum absolute atomic E-state index is 12.8. The molecule has 2 rings (SSSR count). The van der Waals surface area contributed by atoms with Crippen LogP contribution in [0, 0.1) is 0 Å². The molecule has 1 aromatic heterocycles. The third kappa shape index (κ3) is 2.95. The SMILES string of the molecule is CCCn1ncc(OC)c1C(=O)C1CSCCN1C. The van der Waals surface area contributed by atoms with E-state index in [1.54, 1.807) is 18.0 Å². The van der Waals surface area contributed by atoms with Gasteiger partial charge in [0.25, 0.3) is 0 Å². The molecule has 0 bridgehead atoms. The first-order valence-electron chi connectivity index (χ1n) is 6.61. The summed E-state index contributed by atoms with van der Waals surface area (Å²) in [5.41, 5.74) is 0.615. The largest absolute Gasteiger partial charge is 0.493 e. The number of hydrogen-bond acceptors (Lipinski definition) is 5. The lowest BCUT2D eigenvalue weighted by Gasteiger charge is -2.30. The molecule has 0 aliphatic carbocycles. The van der Waals surface area contributed by atoms with Gasteiger partial charge in [0.2, 0.25) is 5.78 Å². The minimum absolute atomic E-state index is 0.0695. The fourth-order valence-corrected chi connectivity index (χ4v) is 3.48. The monoisotopic (exact) mass is 283 g/mol. The fourth-order valence-electron chi connectivity index (χ4n) is 2.27. The average molecular weight is 283 g/mol. The third-order valence-electron chi connectivity index (χ3n) is 3.39. The molecule has 2 heterocycles. The molecule has 5 nitrogen and oxygen atoms in total. The third-order valence-corrected chi connectivity index (χ3v) is 4.42. The van der Waals surface area contributed by atoms with E-state index in [0.717, 1.165) is 31.0 Å². The van der Waals surface area contributed by atoms with Crippen molar-refractivity contribution >= 4 is 17.5 Å². The molecule has 0 N–H and O–H groups in total. The van der Waals surface area contributed by atoms with E-state index in [0.29, 0.717) is 11.4 Å². The molecule has 0 radical (unpaired) electrons. The van der Waals surface area contributed by atoms with Crippen molar-refractivity contribution in [1.29, 1.82) is 0 Å². The summed E-state index contributed by atoms with van der Waals surface area (Å²) in [5, 5.41) is 4.26. The topological polar surface area (TPSA) is 47.4 Å². The molecule has 19 heavy (non-hydrogen) atoms.